The van der Waals surface area contributed by atoms with E-state index in [1.165, 1.54) is 6.26 Å². The van der Waals surface area contributed by atoms with Crippen molar-refractivity contribution in [2.75, 3.05) is 23.9 Å². The Balaban J connectivity index is 1.30. The molecular weight excluding hydrogens is 534 g/mol. The van der Waals surface area contributed by atoms with Crippen LogP contribution in [-0.2, 0) is 26.2 Å². The number of sulfone groups is 2. The molecule has 2 aromatic heterocycles. The number of furan rings is 1. The van der Waals surface area contributed by atoms with Crippen molar-refractivity contribution in [3.63, 3.8) is 0 Å². The number of hydrogen-bond acceptors (Lipinski definition) is 8. The van der Waals surface area contributed by atoms with Crippen LogP contribution in [0, 0.1) is 0 Å². The van der Waals surface area contributed by atoms with Crippen molar-refractivity contribution in [3.05, 3.63) is 103 Å². The number of hydrogen-bond donors (Lipinski definition) is 2. The van der Waals surface area contributed by atoms with Crippen LogP contribution in [-0.4, -0.2) is 40.4 Å². The third kappa shape index (κ3) is 6.36. The highest BCUT2D eigenvalue weighted by Gasteiger charge is 2.17. The molecule has 0 saturated carbocycles. The third-order valence-electron chi connectivity index (χ3n) is 6.13. The third-order valence-corrected chi connectivity index (χ3v) is 8.87. The minimum Gasteiger partial charge on any atom is -0.460 e. The highest BCUT2D eigenvalue weighted by atomic mass is 32.2. The maximum absolute atomic E-state index is 12.9. The molecule has 5 rings (SSSR count). The average molecular weight is 562 g/mol. The summed E-state index contributed by atoms with van der Waals surface area (Å²) in [5.41, 5.74) is 3.22. The van der Waals surface area contributed by atoms with Crippen molar-refractivity contribution in [1.82, 2.24) is 10.3 Å². The molecule has 5 aromatic rings. The standard InChI is InChI=1S/C29H27N3O5S2/c1-38(33,34)18-17-30-20-23-10-14-29(37-23)21-7-13-26-27(15-16-31-28(26)19-21)32-22-8-11-25(12-9-22)39(35,36)24-5-3-2-4-6-24/h2-16,19,30H,17-18,20H2,1H3,(H,31,32). The van der Waals surface area contributed by atoms with Crippen LogP contribution in [0.2, 0.25) is 0 Å². The van der Waals surface area contributed by atoms with E-state index in [2.05, 4.69) is 15.6 Å². The summed E-state index contributed by atoms with van der Waals surface area (Å²) in [7, 11) is -6.59. The van der Waals surface area contributed by atoms with E-state index in [1.807, 2.05) is 36.4 Å². The second-order valence-corrected chi connectivity index (χ2v) is 13.3. The lowest BCUT2D eigenvalue weighted by Gasteiger charge is -2.11. The Kier molecular flexibility index (Phi) is 7.51. The van der Waals surface area contributed by atoms with Gasteiger partial charge in [-0.3, -0.25) is 4.98 Å². The quantitative estimate of drug-likeness (QED) is 0.223. The van der Waals surface area contributed by atoms with Gasteiger partial charge in [0, 0.05) is 41.3 Å². The fraction of sp³-hybridized carbons (Fsp3) is 0.138. The molecule has 8 nitrogen and oxygen atoms in total. The van der Waals surface area contributed by atoms with Crippen LogP contribution in [0.3, 0.4) is 0 Å². The summed E-state index contributed by atoms with van der Waals surface area (Å²) in [4.78, 5) is 5.00. The Hall–Kier alpha value is -3.99. The molecule has 0 aliphatic carbocycles. The number of nitrogens with zero attached hydrogens (tertiary/aromatic N) is 1. The first-order valence-electron chi connectivity index (χ1n) is 12.2. The molecule has 0 bridgehead atoms. The molecule has 0 amide bonds. The number of nitrogens with one attached hydrogen (secondary N) is 2. The molecule has 10 heteroatoms. The number of rotatable bonds is 10. The van der Waals surface area contributed by atoms with Gasteiger partial charge in [0.05, 0.1) is 27.6 Å². The summed E-state index contributed by atoms with van der Waals surface area (Å²) in [6.07, 6.45) is 2.92. The minimum absolute atomic E-state index is 0.0736. The van der Waals surface area contributed by atoms with E-state index in [-0.39, 0.29) is 15.5 Å². The van der Waals surface area contributed by atoms with E-state index in [4.69, 9.17) is 4.42 Å². The van der Waals surface area contributed by atoms with Crippen molar-refractivity contribution < 1.29 is 21.3 Å². The molecule has 3 aromatic carbocycles. The van der Waals surface area contributed by atoms with Crippen LogP contribution in [0.4, 0.5) is 11.4 Å². The number of aromatic nitrogens is 1. The Morgan fingerprint density at radius 3 is 2.31 bits per heavy atom. The van der Waals surface area contributed by atoms with Gasteiger partial charge in [-0.1, -0.05) is 24.3 Å². The van der Waals surface area contributed by atoms with Crippen LogP contribution < -0.4 is 10.6 Å². The average Bonchev–Trinajstić information content (AvgIpc) is 3.40. The SMILES string of the molecule is CS(=O)(=O)CCNCc1ccc(-c2ccc3c(Nc4ccc(S(=O)(=O)c5ccccc5)cc4)ccnc3c2)o1. The maximum Gasteiger partial charge on any atom is 0.206 e. The van der Waals surface area contributed by atoms with E-state index < -0.39 is 19.7 Å². The van der Waals surface area contributed by atoms with Gasteiger partial charge in [0.2, 0.25) is 9.84 Å². The largest absolute Gasteiger partial charge is 0.460 e. The zero-order valence-corrected chi connectivity index (χ0v) is 22.8. The smallest absolute Gasteiger partial charge is 0.206 e. The van der Waals surface area contributed by atoms with Crippen LogP contribution in [0.25, 0.3) is 22.2 Å². The van der Waals surface area contributed by atoms with Crippen LogP contribution >= 0.6 is 0 Å². The van der Waals surface area contributed by atoms with Crippen LogP contribution in [0.5, 0.6) is 0 Å². The Morgan fingerprint density at radius 1 is 0.821 bits per heavy atom. The summed E-state index contributed by atoms with van der Waals surface area (Å²) in [5.74, 6) is 1.47. The van der Waals surface area contributed by atoms with Gasteiger partial charge in [0.1, 0.15) is 21.4 Å². The maximum atomic E-state index is 12.9. The van der Waals surface area contributed by atoms with Gasteiger partial charge in [-0.25, -0.2) is 16.8 Å². The zero-order chi connectivity index (χ0) is 27.5. The second-order valence-electron chi connectivity index (χ2n) is 9.13. The lowest BCUT2D eigenvalue weighted by molar-refractivity contribution is 0.498. The molecule has 0 unspecified atom stereocenters. The van der Waals surface area contributed by atoms with Crippen molar-refractivity contribution in [1.29, 1.82) is 0 Å². The van der Waals surface area contributed by atoms with E-state index in [9.17, 15) is 16.8 Å². The van der Waals surface area contributed by atoms with Gasteiger partial charge in [0.25, 0.3) is 0 Å². The Labute approximate surface area is 227 Å². The predicted octanol–water partition coefficient (Wildman–Crippen LogP) is 5.21. The van der Waals surface area contributed by atoms with Crippen molar-refractivity contribution in [2.24, 2.45) is 0 Å². The molecule has 200 valence electrons. The first-order valence-corrected chi connectivity index (χ1v) is 15.8. The van der Waals surface area contributed by atoms with E-state index >= 15 is 0 Å². The molecule has 0 saturated heterocycles. The summed E-state index contributed by atoms with van der Waals surface area (Å²) < 4.78 is 54.2. The van der Waals surface area contributed by atoms with E-state index in [1.54, 1.807) is 60.8 Å². The summed E-state index contributed by atoms with van der Waals surface area (Å²) in [6.45, 7) is 0.789. The van der Waals surface area contributed by atoms with Gasteiger partial charge < -0.3 is 15.1 Å². The lowest BCUT2D eigenvalue weighted by Crippen LogP contribution is -2.21. The normalized spacial score (nSPS) is 12.0. The first kappa shape index (κ1) is 26.6. The molecule has 0 fully saturated rings. The first-order chi connectivity index (χ1) is 18.7. The highest BCUT2D eigenvalue weighted by Crippen LogP contribution is 2.31. The molecule has 0 spiro atoms. The number of fused-ring (bicyclic) bond motifs is 1. The summed E-state index contributed by atoms with van der Waals surface area (Å²) in [5, 5.41) is 7.33. The van der Waals surface area contributed by atoms with E-state index in [0.717, 1.165) is 27.8 Å². The van der Waals surface area contributed by atoms with E-state index in [0.29, 0.717) is 24.6 Å². The minimum atomic E-state index is -3.58. The molecule has 0 radical (unpaired) electrons. The second kappa shape index (κ2) is 11.0. The van der Waals surface area contributed by atoms with Gasteiger partial charge in [-0.05, 0) is 66.7 Å². The molecule has 2 heterocycles. The molecule has 0 atom stereocenters. The lowest BCUT2D eigenvalue weighted by atomic mass is 10.1. The van der Waals surface area contributed by atoms with Gasteiger partial charge >= 0.3 is 0 Å². The van der Waals surface area contributed by atoms with Crippen molar-refractivity contribution >= 4 is 42.0 Å². The van der Waals surface area contributed by atoms with Crippen molar-refractivity contribution in [2.45, 2.75) is 16.3 Å². The fourth-order valence-corrected chi connectivity index (χ4v) is 5.91. The monoisotopic (exact) mass is 561 g/mol. The molecule has 0 aliphatic rings. The van der Waals surface area contributed by atoms with Gasteiger partial charge in [0.15, 0.2) is 0 Å². The topological polar surface area (TPSA) is 118 Å². The van der Waals surface area contributed by atoms with Crippen molar-refractivity contribution in [3.8, 4) is 11.3 Å². The number of anilines is 2. The summed E-state index contributed by atoms with van der Waals surface area (Å²) >= 11 is 0. The Morgan fingerprint density at radius 2 is 1.56 bits per heavy atom. The number of pyridine rings is 1. The highest BCUT2D eigenvalue weighted by molar-refractivity contribution is 7.91. The van der Waals surface area contributed by atoms with Crippen LogP contribution in [0.1, 0.15) is 5.76 Å². The zero-order valence-electron chi connectivity index (χ0n) is 21.2. The van der Waals surface area contributed by atoms with Crippen LogP contribution in [0.15, 0.2) is 111 Å². The molecule has 39 heavy (non-hydrogen) atoms. The Bertz CT molecular complexity index is 1820. The van der Waals surface area contributed by atoms with Gasteiger partial charge in [-0.15, -0.1) is 0 Å². The number of benzene rings is 3. The fourth-order valence-electron chi connectivity index (χ4n) is 4.12. The van der Waals surface area contributed by atoms with Gasteiger partial charge in [-0.2, -0.15) is 0 Å². The molecule has 2 N–H and O–H groups in total. The summed E-state index contributed by atoms with van der Waals surface area (Å²) in [6, 6.07) is 26.5. The molecule has 0 aliphatic heterocycles. The predicted molar refractivity (Wildman–Crippen MR) is 152 cm³/mol. The molecular formula is C29H27N3O5S2.